The first-order valence-electron chi connectivity index (χ1n) is 13.7. The summed E-state index contributed by atoms with van der Waals surface area (Å²) in [5.41, 5.74) is 0. The third-order valence-electron chi connectivity index (χ3n) is 6.45. The van der Waals surface area contributed by atoms with Crippen LogP contribution in [0.15, 0.2) is 0 Å². The van der Waals surface area contributed by atoms with E-state index in [-0.39, 0.29) is 26.1 Å². The third kappa shape index (κ3) is 17.3. The first-order chi connectivity index (χ1) is 17.0. The Hall–Kier alpha value is -2.12. The molecule has 0 aromatic heterocycles. The highest BCUT2D eigenvalue weighted by atomic mass is 16.5. The molecule has 0 saturated carbocycles. The number of carbonyl (C=O) groups is 4. The van der Waals surface area contributed by atoms with Crippen LogP contribution in [0.5, 0.6) is 0 Å². The standard InChI is InChI=1S/C28H50O8/c1-20(2)14-10-6-8-12-16-35-25(29)19-23(18-24(27(32)33)22(5)26(30)31)28(34)36-17-13-9-7-11-15-21(3)4/h20-24H,6-19H2,1-5H3,(H,30,31)(H,32,33). The Morgan fingerprint density at radius 2 is 1.11 bits per heavy atom. The van der Waals surface area contributed by atoms with Crippen molar-refractivity contribution in [1.29, 1.82) is 0 Å². The van der Waals surface area contributed by atoms with Crippen molar-refractivity contribution in [2.45, 2.75) is 112 Å². The molecule has 0 aromatic rings. The zero-order valence-corrected chi connectivity index (χ0v) is 23.1. The number of hydrogen-bond donors (Lipinski definition) is 2. The van der Waals surface area contributed by atoms with Gasteiger partial charge in [-0.15, -0.1) is 0 Å². The molecule has 0 rings (SSSR count). The molecule has 2 N–H and O–H groups in total. The summed E-state index contributed by atoms with van der Waals surface area (Å²) in [5, 5.41) is 18.8. The molecule has 8 nitrogen and oxygen atoms in total. The van der Waals surface area contributed by atoms with Crippen molar-refractivity contribution in [2.75, 3.05) is 13.2 Å². The molecule has 0 amide bonds. The van der Waals surface area contributed by atoms with Crippen molar-refractivity contribution in [3.05, 3.63) is 0 Å². The van der Waals surface area contributed by atoms with Gasteiger partial charge in [0.2, 0.25) is 0 Å². The molecular weight excluding hydrogens is 464 g/mol. The van der Waals surface area contributed by atoms with Crippen LogP contribution in [0.2, 0.25) is 0 Å². The lowest BCUT2D eigenvalue weighted by atomic mass is 9.84. The maximum Gasteiger partial charge on any atom is 0.309 e. The van der Waals surface area contributed by atoms with Gasteiger partial charge in [0.05, 0.1) is 37.4 Å². The van der Waals surface area contributed by atoms with Gasteiger partial charge in [-0.3, -0.25) is 19.2 Å². The van der Waals surface area contributed by atoms with Crippen molar-refractivity contribution in [3.63, 3.8) is 0 Å². The van der Waals surface area contributed by atoms with E-state index in [4.69, 9.17) is 9.47 Å². The SMILES string of the molecule is CC(C)CCCCCCOC(=O)CC(CC(C(=O)O)C(C)C(=O)O)C(=O)OCCCCCCC(C)C. The first kappa shape index (κ1) is 33.9. The van der Waals surface area contributed by atoms with Gasteiger partial charge in [-0.2, -0.15) is 0 Å². The Kier molecular flexibility index (Phi) is 18.8. The Labute approximate surface area is 217 Å². The average molecular weight is 515 g/mol. The van der Waals surface area contributed by atoms with Crippen LogP contribution in [0.25, 0.3) is 0 Å². The van der Waals surface area contributed by atoms with E-state index in [1.165, 1.54) is 13.3 Å². The van der Waals surface area contributed by atoms with E-state index in [0.717, 1.165) is 51.4 Å². The fourth-order valence-electron chi connectivity index (χ4n) is 4.01. The zero-order valence-electron chi connectivity index (χ0n) is 23.1. The Morgan fingerprint density at radius 1 is 0.639 bits per heavy atom. The summed E-state index contributed by atoms with van der Waals surface area (Å²) >= 11 is 0. The lowest BCUT2D eigenvalue weighted by Gasteiger charge is -2.22. The van der Waals surface area contributed by atoms with Crippen molar-refractivity contribution in [2.24, 2.45) is 29.6 Å². The number of unbranched alkanes of at least 4 members (excludes halogenated alkanes) is 6. The molecule has 8 heteroatoms. The first-order valence-corrected chi connectivity index (χ1v) is 13.7. The molecule has 0 aliphatic carbocycles. The molecule has 0 bridgehead atoms. The molecule has 0 spiro atoms. The second-order valence-electron chi connectivity index (χ2n) is 10.8. The maximum absolute atomic E-state index is 12.7. The molecular formula is C28H50O8. The maximum atomic E-state index is 12.7. The van der Waals surface area contributed by atoms with E-state index < -0.39 is 41.6 Å². The quantitative estimate of drug-likeness (QED) is 0.131. The van der Waals surface area contributed by atoms with Gasteiger partial charge >= 0.3 is 23.9 Å². The van der Waals surface area contributed by atoms with E-state index in [0.29, 0.717) is 18.3 Å². The molecule has 0 saturated heterocycles. The van der Waals surface area contributed by atoms with E-state index in [1.54, 1.807) is 0 Å². The molecule has 0 aliphatic rings. The topological polar surface area (TPSA) is 127 Å². The summed E-state index contributed by atoms with van der Waals surface area (Å²) in [4.78, 5) is 48.2. The van der Waals surface area contributed by atoms with Crippen LogP contribution in [-0.4, -0.2) is 47.3 Å². The van der Waals surface area contributed by atoms with Crippen molar-refractivity contribution in [3.8, 4) is 0 Å². The minimum Gasteiger partial charge on any atom is -0.481 e. The van der Waals surface area contributed by atoms with Crippen molar-refractivity contribution in [1.82, 2.24) is 0 Å². The van der Waals surface area contributed by atoms with Gasteiger partial charge in [0.25, 0.3) is 0 Å². The van der Waals surface area contributed by atoms with Gasteiger partial charge < -0.3 is 19.7 Å². The fraction of sp³-hybridized carbons (Fsp3) is 0.857. The smallest absolute Gasteiger partial charge is 0.309 e. The molecule has 0 radical (unpaired) electrons. The van der Waals surface area contributed by atoms with Gasteiger partial charge in [0, 0.05) is 0 Å². The van der Waals surface area contributed by atoms with Gasteiger partial charge in [-0.25, -0.2) is 0 Å². The number of aliphatic carboxylic acids is 2. The van der Waals surface area contributed by atoms with Crippen molar-refractivity contribution < 1.29 is 38.9 Å². The third-order valence-corrected chi connectivity index (χ3v) is 6.45. The summed E-state index contributed by atoms with van der Waals surface area (Å²) < 4.78 is 10.6. The van der Waals surface area contributed by atoms with Crippen LogP contribution in [0.4, 0.5) is 0 Å². The molecule has 3 atom stereocenters. The average Bonchev–Trinajstić information content (AvgIpc) is 2.79. The van der Waals surface area contributed by atoms with Gasteiger partial charge in [-0.05, 0) is 31.1 Å². The highest BCUT2D eigenvalue weighted by Crippen LogP contribution is 2.25. The fourth-order valence-corrected chi connectivity index (χ4v) is 4.01. The highest BCUT2D eigenvalue weighted by molar-refractivity contribution is 5.83. The summed E-state index contributed by atoms with van der Waals surface area (Å²) in [6.07, 6.45) is 9.33. The van der Waals surface area contributed by atoms with Crippen LogP contribution >= 0.6 is 0 Å². The predicted octanol–water partition coefficient (Wildman–Crippen LogP) is 6.10. The van der Waals surface area contributed by atoms with Crippen LogP contribution in [-0.2, 0) is 28.7 Å². The minimum atomic E-state index is -1.32. The van der Waals surface area contributed by atoms with Crippen LogP contribution in [0.1, 0.15) is 112 Å². The van der Waals surface area contributed by atoms with Crippen LogP contribution in [0, 0.1) is 29.6 Å². The number of esters is 2. The molecule has 210 valence electrons. The second kappa shape index (κ2) is 20.0. The lowest BCUT2D eigenvalue weighted by Crippen LogP contribution is -2.33. The number of rotatable bonds is 22. The molecule has 3 unspecified atom stereocenters. The molecule has 0 fully saturated rings. The van der Waals surface area contributed by atoms with Crippen LogP contribution < -0.4 is 0 Å². The molecule has 0 heterocycles. The molecule has 0 aliphatic heterocycles. The van der Waals surface area contributed by atoms with E-state index >= 15 is 0 Å². The monoisotopic (exact) mass is 514 g/mol. The van der Waals surface area contributed by atoms with Gasteiger partial charge in [0.1, 0.15) is 0 Å². The number of carbonyl (C=O) groups excluding carboxylic acids is 2. The van der Waals surface area contributed by atoms with E-state index in [1.807, 2.05) is 0 Å². The summed E-state index contributed by atoms with van der Waals surface area (Å²) in [7, 11) is 0. The Morgan fingerprint density at radius 3 is 1.56 bits per heavy atom. The zero-order chi connectivity index (χ0) is 27.5. The second-order valence-corrected chi connectivity index (χ2v) is 10.8. The number of carboxylic acid groups (broad SMARTS) is 2. The Balaban J connectivity index is 4.80. The highest BCUT2D eigenvalue weighted by Gasteiger charge is 2.36. The Bertz CT molecular complexity index is 643. The number of carboxylic acids is 2. The minimum absolute atomic E-state index is 0.189. The molecule has 36 heavy (non-hydrogen) atoms. The lowest BCUT2D eigenvalue weighted by molar-refractivity contribution is -0.160. The van der Waals surface area contributed by atoms with Gasteiger partial charge in [0.15, 0.2) is 0 Å². The summed E-state index contributed by atoms with van der Waals surface area (Å²) in [6, 6.07) is 0. The van der Waals surface area contributed by atoms with Gasteiger partial charge in [-0.1, -0.05) is 86.0 Å². The predicted molar refractivity (Wildman–Crippen MR) is 138 cm³/mol. The van der Waals surface area contributed by atoms with E-state index in [2.05, 4.69) is 27.7 Å². The van der Waals surface area contributed by atoms with E-state index in [9.17, 15) is 29.4 Å². The summed E-state index contributed by atoms with van der Waals surface area (Å²) in [5.74, 6) is -6.12. The van der Waals surface area contributed by atoms with Crippen molar-refractivity contribution >= 4 is 23.9 Å². The summed E-state index contributed by atoms with van der Waals surface area (Å²) in [6.45, 7) is 10.4. The largest absolute Gasteiger partial charge is 0.481 e. The number of ether oxygens (including phenoxy) is 2. The van der Waals surface area contributed by atoms with Crippen LogP contribution in [0.3, 0.4) is 0 Å². The molecule has 0 aromatic carbocycles. The number of hydrogen-bond acceptors (Lipinski definition) is 6. The normalized spacial score (nSPS) is 13.9.